The maximum absolute atomic E-state index is 12.8. The first-order chi connectivity index (χ1) is 8.66. The number of hydrogen-bond donors (Lipinski definition) is 1. The largest absolute Gasteiger partial charge is 0.380 e. The van der Waals surface area contributed by atoms with Crippen LogP contribution in [0.1, 0.15) is 23.1 Å². The second-order valence-corrected chi connectivity index (χ2v) is 4.53. The van der Waals surface area contributed by atoms with E-state index in [-0.39, 0.29) is 6.42 Å². The molecule has 2 rings (SSSR count). The van der Waals surface area contributed by atoms with E-state index < -0.39 is 12.3 Å². The first-order valence-corrected chi connectivity index (χ1v) is 6.08. The zero-order valence-corrected chi connectivity index (χ0v) is 10.4. The third-order valence-corrected chi connectivity index (χ3v) is 3.24. The fraction of sp³-hybridized carbons (Fsp3) is 0.250. The molecule has 0 aromatic heterocycles. The minimum atomic E-state index is -1.25. The number of aryl methyl sites for hydroxylation is 1. The molecule has 0 saturated heterocycles. The lowest BCUT2D eigenvalue weighted by molar-refractivity contribution is 0.0633. The monoisotopic (exact) mass is 244 g/mol. The Hall–Kier alpha value is -1.67. The van der Waals surface area contributed by atoms with E-state index in [1.165, 1.54) is 0 Å². The van der Waals surface area contributed by atoms with Crippen LogP contribution in [0.15, 0.2) is 54.6 Å². The second kappa shape index (κ2) is 5.32. The normalized spacial score (nSPS) is 14.2. The van der Waals surface area contributed by atoms with Gasteiger partial charge in [0.1, 0.15) is 5.60 Å². The van der Waals surface area contributed by atoms with Crippen molar-refractivity contribution in [3.8, 4) is 0 Å². The van der Waals surface area contributed by atoms with Gasteiger partial charge in [-0.25, -0.2) is 0 Å². The summed E-state index contributed by atoms with van der Waals surface area (Å²) >= 11 is 0. The summed E-state index contributed by atoms with van der Waals surface area (Å²) in [5.41, 5.74) is 1.34. The van der Waals surface area contributed by atoms with E-state index in [1.807, 2.05) is 61.5 Å². The van der Waals surface area contributed by atoms with Gasteiger partial charge in [-0.15, -0.1) is 0 Å². The molecule has 0 aliphatic carbocycles. The molecule has 0 radical (unpaired) electrons. The molecule has 2 heteroatoms. The summed E-state index contributed by atoms with van der Waals surface area (Å²) in [6.07, 6.45) is 0.0695. The summed E-state index contributed by atoms with van der Waals surface area (Å²) in [5, 5.41) is 10.8. The molecule has 94 valence electrons. The van der Waals surface area contributed by atoms with Crippen LogP contribution in [0.25, 0.3) is 0 Å². The maximum atomic E-state index is 12.8. The lowest BCUT2D eigenvalue weighted by atomic mass is 9.84. The van der Waals surface area contributed by atoms with Crippen LogP contribution in [-0.2, 0) is 5.60 Å². The molecule has 0 fully saturated rings. The van der Waals surface area contributed by atoms with Gasteiger partial charge in [-0.2, -0.15) is 0 Å². The first kappa shape index (κ1) is 12.8. The summed E-state index contributed by atoms with van der Waals surface area (Å²) in [5.74, 6) is 0. The van der Waals surface area contributed by atoms with E-state index in [9.17, 15) is 9.50 Å². The quantitative estimate of drug-likeness (QED) is 0.871. The van der Waals surface area contributed by atoms with Crippen LogP contribution >= 0.6 is 0 Å². The van der Waals surface area contributed by atoms with Crippen LogP contribution in [0.4, 0.5) is 4.39 Å². The number of alkyl halides is 1. The third-order valence-electron chi connectivity index (χ3n) is 3.24. The van der Waals surface area contributed by atoms with Gasteiger partial charge in [0, 0.05) is 6.42 Å². The predicted molar refractivity (Wildman–Crippen MR) is 71.2 cm³/mol. The number of benzene rings is 2. The molecule has 0 heterocycles. The van der Waals surface area contributed by atoms with E-state index in [0.29, 0.717) is 0 Å². The Morgan fingerprint density at radius 2 is 1.50 bits per heavy atom. The SMILES string of the molecule is Cc1ccc(C(O)(CCF)c2ccccc2)cc1. The molecule has 0 aliphatic heterocycles. The lowest BCUT2D eigenvalue weighted by Crippen LogP contribution is -2.28. The first-order valence-electron chi connectivity index (χ1n) is 6.08. The Bertz CT molecular complexity index is 492. The Morgan fingerprint density at radius 3 is 2.06 bits per heavy atom. The van der Waals surface area contributed by atoms with Crippen molar-refractivity contribution in [3.05, 3.63) is 71.3 Å². The molecular formula is C16H17FO. The van der Waals surface area contributed by atoms with Gasteiger partial charge in [0.15, 0.2) is 0 Å². The lowest BCUT2D eigenvalue weighted by Gasteiger charge is -2.28. The Balaban J connectivity index is 2.47. The van der Waals surface area contributed by atoms with E-state index >= 15 is 0 Å². The van der Waals surface area contributed by atoms with Crippen molar-refractivity contribution in [3.63, 3.8) is 0 Å². The molecule has 1 N–H and O–H groups in total. The van der Waals surface area contributed by atoms with Crippen LogP contribution in [0, 0.1) is 6.92 Å². The minimum absolute atomic E-state index is 0.0695. The van der Waals surface area contributed by atoms with Gasteiger partial charge in [0.05, 0.1) is 6.67 Å². The highest BCUT2D eigenvalue weighted by Gasteiger charge is 2.30. The summed E-state index contributed by atoms with van der Waals surface area (Å²) < 4.78 is 12.8. The molecule has 1 unspecified atom stereocenters. The average molecular weight is 244 g/mol. The average Bonchev–Trinajstić information content (AvgIpc) is 2.40. The summed E-state index contributed by atoms with van der Waals surface area (Å²) in [6.45, 7) is 1.43. The van der Waals surface area contributed by atoms with Crippen molar-refractivity contribution >= 4 is 0 Å². The molecule has 2 aromatic carbocycles. The molecule has 18 heavy (non-hydrogen) atoms. The van der Waals surface area contributed by atoms with E-state index in [1.54, 1.807) is 0 Å². The topological polar surface area (TPSA) is 20.2 Å². The van der Waals surface area contributed by atoms with E-state index in [0.717, 1.165) is 16.7 Å². The van der Waals surface area contributed by atoms with Crippen molar-refractivity contribution in [1.29, 1.82) is 0 Å². The molecule has 1 nitrogen and oxygen atoms in total. The fourth-order valence-electron chi connectivity index (χ4n) is 2.14. The minimum Gasteiger partial charge on any atom is -0.380 e. The maximum Gasteiger partial charge on any atom is 0.117 e. The number of rotatable bonds is 4. The fourth-order valence-corrected chi connectivity index (χ4v) is 2.14. The molecular weight excluding hydrogens is 227 g/mol. The summed E-state index contributed by atoms with van der Waals surface area (Å²) in [6, 6.07) is 16.8. The smallest absolute Gasteiger partial charge is 0.117 e. The molecule has 0 saturated carbocycles. The molecule has 0 spiro atoms. The van der Waals surface area contributed by atoms with Gasteiger partial charge in [0.25, 0.3) is 0 Å². The Kier molecular flexibility index (Phi) is 3.78. The van der Waals surface area contributed by atoms with E-state index in [4.69, 9.17) is 0 Å². The predicted octanol–water partition coefficient (Wildman–Crippen LogP) is 3.59. The van der Waals surface area contributed by atoms with E-state index in [2.05, 4.69) is 0 Å². The van der Waals surface area contributed by atoms with Gasteiger partial charge >= 0.3 is 0 Å². The van der Waals surface area contributed by atoms with Crippen molar-refractivity contribution in [2.45, 2.75) is 18.9 Å². The standard InChI is InChI=1S/C16H17FO/c1-13-7-9-15(10-8-13)16(18,11-12-17)14-5-3-2-4-6-14/h2-10,18H,11-12H2,1H3. The zero-order chi connectivity index (χ0) is 13.0. The van der Waals surface area contributed by atoms with Gasteiger partial charge in [-0.3, -0.25) is 4.39 Å². The number of hydrogen-bond acceptors (Lipinski definition) is 1. The van der Waals surface area contributed by atoms with Crippen LogP contribution in [0.3, 0.4) is 0 Å². The molecule has 2 aromatic rings. The van der Waals surface area contributed by atoms with Crippen molar-refractivity contribution in [2.24, 2.45) is 0 Å². The molecule has 1 atom stereocenters. The van der Waals surface area contributed by atoms with Crippen molar-refractivity contribution in [2.75, 3.05) is 6.67 Å². The van der Waals surface area contributed by atoms with Crippen LogP contribution in [0.5, 0.6) is 0 Å². The summed E-state index contributed by atoms with van der Waals surface area (Å²) in [7, 11) is 0. The Morgan fingerprint density at radius 1 is 0.944 bits per heavy atom. The number of halogens is 1. The third kappa shape index (κ3) is 2.44. The van der Waals surface area contributed by atoms with Crippen LogP contribution in [0.2, 0.25) is 0 Å². The Labute approximate surface area is 107 Å². The molecule has 0 aliphatic rings. The van der Waals surface area contributed by atoms with Gasteiger partial charge < -0.3 is 5.11 Å². The number of aliphatic hydroxyl groups is 1. The second-order valence-electron chi connectivity index (χ2n) is 4.53. The zero-order valence-electron chi connectivity index (χ0n) is 10.4. The molecule has 0 amide bonds. The van der Waals surface area contributed by atoms with Gasteiger partial charge in [-0.05, 0) is 18.1 Å². The van der Waals surface area contributed by atoms with Crippen molar-refractivity contribution < 1.29 is 9.50 Å². The summed E-state index contributed by atoms with van der Waals surface area (Å²) in [4.78, 5) is 0. The van der Waals surface area contributed by atoms with Crippen LogP contribution < -0.4 is 0 Å². The van der Waals surface area contributed by atoms with Crippen molar-refractivity contribution in [1.82, 2.24) is 0 Å². The highest BCUT2D eigenvalue weighted by Crippen LogP contribution is 2.33. The highest BCUT2D eigenvalue weighted by molar-refractivity contribution is 5.37. The highest BCUT2D eigenvalue weighted by atomic mass is 19.1. The van der Waals surface area contributed by atoms with Crippen LogP contribution in [-0.4, -0.2) is 11.8 Å². The molecule has 0 bridgehead atoms. The van der Waals surface area contributed by atoms with Gasteiger partial charge in [0.2, 0.25) is 0 Å². The van der Waals surface area contributed by atoms with Gasteiger partial charge in [-0.1, -0.05) is 60.2 Å².